The summed E-state index contributed by atoms with van der Waals surface area (Å²) in [5, 5.41) is 9.20. The lowest BCUT2D eigenvalue weighted by Gasteiger charge is -2.30. The Balaban J connectivity index is 2.35. The van der Waals surface area contributed by atoms with Crippen molar-refractivity contribution in [2.75, 3.05) is 11.4 Å². The Labute approximate surface area is 111 Å². The molecule has 1 aliphatic carbocycles. The van der Waals surface area contributed by atoms with Gasteiger partial charge in [0, 0.05) is 17.1 Å². The second-order valence-corrected chi connectivity index (χ2v) is 5.41. The van der Waals surface area contributed by atoms with Gasteiger partial charge in [-0.2, -0.15) is 5.26 Å². The zero-order valence-corrected chi connectivity index (χ0v) is 11.7. The number of benzene rings is 1. The average molecular weight is 293 g/mol. The first-order valence-corrected chi connectivity index (χ1v) is 7.02. The van der Waals surface area contributed by atoms with Crippen LogP contribution in [0.25, 0.3) is 0 Å². The van der Waals surface area contributed by atoms with Crippen molar-refractivity contribution in [2.45, 2.75) is 38.6 Å². The van der Waals surface area contributed by atoms with Gasteiger partial charge in [-0.15, -0.1) is 0 Å². The van der Waals surface area contributed by atoms with Gasteiger partial charge in [0.25, 0.3) is 0 Å². The molecule has 0 bridgehead atoms. The highest BCUT2D eigenvalue weighted by Gasteiger charge is 2.23. The van der Waals surface area contributed by atoms with E-state index in [1.54, 1.807) is 0 Å². The summed E-state index contributed by atoms with van der Waals surface area (Å²) in [5.74, 6) is 0. The molecule has 0 heterocycles. The van der Waals surface area contributed by atoms with Gasteiger partial charge in [0.2, 0.25) is 0 Å². The molecular formula is C14H17BrN2. The van der Waals surface area contributed by atoms with Gasteiger partial charge in [-0.1, -0.05) is 28.8 Å². The molecule has 2 nitrogen and oxygen atoms in total. The normalized spacial score (nSPS) is 15.8. The number of nitrogens with zero attached hydrogens (tertiary/aromatic N) is 2. The third kappa shape index (κ3) is 2.63. The van der Waals surface area contributed by atoms with Gasteiger partial charge in [-0.05, 0) is 38.0 Å². The SMILES string of the molecule is CCN(c1cc(Br)ccc1C#N)C1CCCC1. The molecule has 1 aliphatic rings. The minimum atomic E-state index is 0.612. The summed E-state index contributed by atoms with van der Waals surface area (Å²) in [5.41, 5.74) is 1.86. The molecule has 1 fully saturated rings. The summed E-state index contributed by atoms with van der Waals surface area (Å²) < 4.78 is 1.04. The van der Waals surface area contributed by atoms with Gasteiger partial charge in [-0.25, -0.2) is 0 Å². The second-order valence-electron chi connectivity index (χ2n) is 4.50. The molecular weight excluding hydrogens is 276 g/mol. The fourth-order valence-corrected chi connectivity index (χ4v) is 3.03. The number of halogens is 1. The van der Waals surface area contributed by atoms with E-state index in [0.717, 1.165) is 22.3 Å². The van der Waals surface area contributed by atoms with Crippen molar-refractivity contribution in [2.24, 2.45) is 0 Å². The number of nitriles is 1. The lowest BCUT2D eigenvalue weighted by molar-refractivity contribution is 0.619. The molecule has 2 rings (SSSR count). The van der Waals surface area contributed by atoms with Crippen molar-refractivity contribution in [1.29, 1.82) is 5.26 Å². The van der Waals surface area contributed by atoms with Crippen molar-refractivity contribution in [3.63, 3.8) is 0 Å². The van der Waals surface area contributed by atoms with Crippen LogP contribution in [0.2, 0.25) is 0 Å². The van der Waals surface area contributed by atoms with E-state index < -0.39 is 0 Å². The zero-order chi connectivity index (χ0) is 12.3. The Morgan fingerprint density at radius 3 is 2.71 bits per heavy atom. The molecule has 0 spiro atoms. The fourth-order valence-electron chi connectivity index (χ4n) is 2.68. The lowest BCUT2D eigenvalue weighted by atomic mass is 10.1. The third-order valence-corrected chi connectivity index (χ3v) is 3.99. The summed E-state index contributed by atoms with van der Waals surface area (Å²) >= 11 is 3.50. The summed E-state index contributed by atoms with van der Waals surface area (Å²) in [6.07, 6.45) is 5.14. The zero-order valence-electron chi connectivity index (χ0n) is 10.1. The van der Waals surface area contributed by atoms with Crippen LogP contribution in [0, 0.1) is 11.3 Å². The number of hydrogen-bond donors (Lipinski definition) is 0. The predicted molar refractivity (Wildman–Crippen MR) is 74.1 cm³/mol. The Morgan fingerprint density at radius 1 is 1.41 bits per heavy atom. The Hall–Kier alpha value is -1.01. The summed E-state index contributed by atoms with van der Waals surface area (Å²) in [6, 6.07) is 8.82. The molecule has 17 heavy (non-hydrogen) atoms. The molecule has 0 aromatic heterocycles. The van der Waals surface area contributed by atoms with Crippen molar-refractivity contribution < 1.29 is 0 Å². The minimum Gasteiger partial charge on any atom is -0.368 e. The maximum atomic E-state index is 9.20. The standard InChI is InChI=1S/C14H17BrN2/c1-2-17(13-5-3-4-6-13)14-9-12(15)8-7-11(14)10-16/h7-9,13H,2-6H2,1H3. The smallest absolute Gasteiger partial charge is 0.101 e. The van der Waals surface area contributed by atoms with Gasteiger partial charge in [0.1, 0.15) is 6.07 Å². The minimum absolute atomic E-state index is 0.612. The predicted octanol–water partition coefficient (Wildman–Crippen LogP) is 4.09. The molecule has 0 radical (unpaired) electrons. The Bertz CT molecular complexity index is 430. The highest BCUT2D eigenvalue weighted by atomic mass is 79.9. The first kappa shape index (κ1) is 12.4. The number of hydrogen-bond acceptors (Lipinski definition) is 2. The van der Waals surface area contributed by atoms with Gasteiger partial charge in [-0.3, -0.25) is 0 Å². The van der Waals surface area contributed by atoms with Crippen LogP contribution in [-0.4, -0.2) is 12.6 Å². The van der Waals surface area contributed by atoms with E-state index in [0.29, 0.717) is 6.04 Å². The van der Waals surface area contributed by atoms with E-state index >= 15 is 0 Å². The Morgan fingerprint density at radius 2 is 2.12 bits per heavy atom. The van der Waals surface area contributed by atoms with Crippen molar-refractivity contribution in [1.82, 2.24) is 0 Å². The highest BCUT2D eigenvalue weighted by molar-refractivity contribution is 9.10. The fraction of sp³-hybridized carbons (Fsp3) is 0.500. The van der Waals surface area contributed by atoms with Gasteiger partial charge in [0.15, 0.2) is 0 Å². The van der Waals surface area contributed by atoms with Crippen molar-refractivity contribution in [3.8, 4) is 6.07 Å². The van der Waals surface area contributed by atoms with Crippen LogP contribution in [0.5, 0.6) is 0 Å². The van der Waals surface area contributed by atoms with Crippen LogP contribution in [0.3, 0.4) is 0 Å². The van der Waals surface area contributed by atoms with Crippen LogP contribution < -0.4 is 4.90 Å². The highest BCUT2D eigenvalue weighted by Crippen LogP contribution is 2.31. The van der Waals surface area contributed by atoms with Gasteiger partial charge in [0.05, 0.1) is 11.3 Å². The molecule has 0 amide bonds. The molecule has 0 atom stereocenters. The molecule has 1 aromatic carbocycles. The third-order valence-electron chi connectivity index (χ3n) is 3.50. The van der Waals surface area contributed by atoms with E-state index in [2.05, 4.69) is 39.9 Å². The monoisotopic (exact) mass is 292 g/mol. The van der Waals surface area contributed by atoms with E-state index in [9.17, 15) is 5.26 Å². The quantitative estimate of drug-likeness (QED) is 0.839. The summed E-state index contributed by atoms with van der Waals surface area (Å²) in [6.45, 7) is 3.14. The van der Waals surface area contributed by atoms with E-state index in [-0.39, 0.29) is 0 Å². The van der Waals surface area contributed by atoms with E-state index in [4.69, 9.17) is 0 Å². The maximum Gasteiger partial charge on any atom is 0.101 e. The molecule has 3 heteroatoms. The molecule has 90 valence electrons. The maximum absolute atomic E-state index is 9.20. The van der Waals surface area contributed by atoms with Crippen molar-refractivity contribution >= 4 is 21.6 Å². The largest absolute Gasteiger partial charge is 0.368 e. The summed E-state index contributed by atoms with van der Waals surface area (Å²) in [7, 11) is 0. The van der Waals surface area contributed by atoms with Crippen molar-refractivity contribution in [3.05, 3.63) is 28.2 Å². The van der Waals surface area contributed by atoms with E-state index in [1.165, 1.54) is 25.7 Å². The first-order chi connectivity index (χ1) is 8.26. The molecule has 0 saturated heterocycles. The molecule has 0 unspecified atom stereocenters. The molecule has 0 N–H and O–H groups in total. The molecule has 1 saturated carbocycles. The Kier molecular flexibility index (Phi) is 4.06. The number of rotatable bonds is 3. The van der Waals surface area contributed by atoms with E-state index in [1.807, 2.05) is 12.1 Å². The van der Waals surface area contributed by atoms with Gasteiger partial charge < -0.3 is 4.90 Å². The van der Waals surface area contributed by atoms with Gasteiger partial charge >= 0.3 is 0 Å². The molecule has 0 aliphatic heterocycles. The van der Waals surface area contributed by atoms with Crippen LogP contribution in [0.15, 0.2) is 22.7 Å². The second kappa shape index (κ2) is 5.55. The number of anilines is 1. The van der Waals surface area contributed by atoms with Crippen LogP contribution in [-0.2, 0) is 0 Å². The topological polar surface area (TPSA) is 27.0 Å². The first-order valence-electron chi connectivity index (χ1n) is 6.22. The average Bonchev–Trinajstić information content (AvgIpc) is 2.84. The lowest BCUT2D eigenvalue weighted by Crippen LogP contribution is -2.33. The van der Waals surface area contributed by atoms with Crippen LogP contribution in [0.4, 0.5) is 5.69 Å². The molecule has 1 aromatic rings. The van der Waals surface area contributed by atoms with Crippen LogP contribution in [0.1, 0.15) is 38.2 Å². The summed E-state index contributed by atoms with van der Waals surface area (Å²) in [4.78, 5) is 2.39. The van der Waals surface area contributed by atoms with Crippen LogP contribution >= 0.6 is 15.9 Å².